The Hall–Kier alpha value is -1.59. The van der Waals surface area contributed by atoms with Gasteiger partial charge in [-0.3, -0.25) is 4.99 Å². The summed E-state index contributed by atoms with van der Waals surface area (Å²) in [4.78, 5) is 6.92. The van der Waals surface area contributed by atoms with Gasteiger partial charge in [-0.2, -0.15) is 0 Å². The van der Waals surface area contributed by atoms with Crippen molar-refractivity contribution in [2.45, 2.75) is 71.9 Å². The van der Waals surface area contributed by atoms with E-state index >= 15 is 0 Å². The predicted molar refractivity (Wildman–Crippen MR) is 97.0 cm³/mol. The number of fused-ring (bicyclic) bond motifs is 1. The standard InChI is InChI=1S/C18H32N6/c1-4-18(5-2)10-12-23(14-18)17(19-3)20-13-16-22-21-15-9-7-6-8-11-24(15)16/h4-14H2,1-3H3,(H,19,20). The van der Waals surface area contributed by atoms with Crippen molar-refractivity contribution in [2.24, 2.45) is 10.4 Å². The van der Waals surface area contributed by atoms with E-state index in [1.807, 2.05) is 7.05 Å². The highest BCUT2D eigenvalue weighted by atomic mass is 15.3. The highest BCUT2D eigenvalue weighted by Gasteiger charge is 2.36. The summed E-state index contributed by atoms with van der Waals surface area (Å²) < 4.78 is 2.31. The molecule has 0 saturated carbocycles. The molecule has 6 nitrogen and oxygen atoms in total. The van der Waals surface area contributed by atoms with Gasteiger partial charge in [0.05, 0.1) is 6.54 Å². The van der Waals surface area contributed by atoms with Gasteiger partial charge in [0.2, 0.25) is 0 Å². The molecule has 24 heavy (non-hydrogen) atoms. The zero-order valence-corrected chi connectivity index (χ0v) is 15.5. The Labute approximate surface area is 145 Å². The number of nitrogens with one attached hydrogen (secondary N) is 1. The number of nitrogens with zero attached hydrogens (tertiary/aromatic N) is 5. The SMILES string of the molecule is CCC1(CC)CCN(C(=NC)NCc2nnc3n2CCCCC3)C1. The van der Waals surface area contributed by atoms with E-state index in [9.17, 15) is 0 Å². The van der Waals surface area contributed by atoms with Gasteiger partial charge in [-0.05, 0) is 37.5 Å². The Morgan fingerprint density at radius 2 is 2.00 bits per heavy atom. The summed E-state index contributed by atoms with van der Waals surface area (Å²) in [7, 11) is 1.88. The van der Waals surface area contributed by atoms with Crippen molar-refractivity contribution in [1.29, 1.82) is 0 Å². The molecule has 0 unspecified atom stereocenters. The Kier molecular flexibility index (Phi) is 5.41. The first-order valence-electron chi connectivity index (χ1n) is 9.58. The lowest BCUT2D eigenvalue weighted by molar-refractivity contribution is 0.276. The van der Waals surface area contributed by atoms with Gasteiger partial charge in [0.25, 0.3) is 0 Å². The first kappa shape index (κ1) is 17.2. The van der Waals surface area contributed by atoms with E-state index in [1.54, 1.807) is 0 Å². The summed E-state index contributed by atoms with van der Waals surface area (Å²) >= 11 is 0. The van der Waals surface area contributed by atoms with Crippen LogP contribution in [0.5, 0.6) is 0 Å². The second kappa shape index (κ2) is 7.53. The topological polar surface area (TPSA) is 58.3 Å². The minimum Gasteiger partial charge on any atom is -0.349 e. The van der Waals surface area contributed by atoms with Crippen LogP contribution in [0.2, 0.25) is 0 Å². The Morgan fingerprint density at radius 3 is 2.71 bits per heavy atom. The van der Waals surface area contributed by atoms with Gasteiger partial charge < -0.3 is 14.8 Å². The number of guanidine groups is 1. The van der Waals surface area contributed by atoms with Gasteiger partial charge in [0.1, 0.15) is 5.82 Å². The molecule has 3 heterocycles. The third kappa shape index (κ3) is 3.42. The summed E-state index contributed by atoms with van der Waals surface area (Å²) in [6, 6.07) is 0. The largest absolute Gasteiger partial charge is 0.349 e. The molecule has 0 spiro atoms. The molecule has 0 atom stereocenters. The number of aliphatic imine (C=N–C) groups is 1. The van der Waals surface area contributed by atoms with Crippen molar-refractivity contribution in [3.8, 4) is 0 Å². The van der Waals surface area contributed by atoms with Crippen molar-refractivity contribution < 1.29 is 0 Å². The monoisotopic (exact) mass is 332 g/mol. The van der Waals surface area contributed by atoms with Gasteiger partial charge in [-0.25, -0.2) is 0 Å². The predicted octanol–water partition coefficient (Wildman–Crippen LogP) is 2.59. The minimum atomic E-state index is 0.462. The average Bonchev–Trinajstić information content (AvgIpc) is 3.14. The lowest BCUT2D eigenvalue weighted by Crippen LogP contribution is -2.41. The average molecular weight is 332 g/mol. The zero-order valence-electron chi connectivity index (χ0n) is 15.5. The van der Waals surface area contributed by atoms with E-state index < -0.39 is 0 Å². The van der Waals surface area contributed by atoms with E-state index in [1.165, 1.54) is 38.5 Å². The molecule has 0 aromatic carbocycles. The quantitative estimate of drug-likeness (QED) is 0.680. The summed E-state index contributed by atoms with van der Waals surface area (Å²) in [5.74, 6) is 3.20. The molecule has 0 amide bonds. The fourth-order valence-electron chi connectivity index (χ4n) is 4.11. The lowest BCUT2D eigenvalue weighted by atomic mass is 9.82. The molecule has 1 fully saturated rings. The van der Waals surface area contributed by atoms with Crippen LogP contribution in [0.4, 0.5) is 0 Å². The van der Waals surface area contributed by atoms with Gasteiger partial charge in [-0.15, -0.1) is 10.2 Å². The Bertz CT molecular complexity index is 572. The molecule has 0 bridgehead atoms. The molecular weight excluding hydrogens is 300 g/mol. The van der Waals surface area contributed by atoms with E-state index in [-0.39, 0.29) is 0 Å². The van der Waals surface area contributed by atoms with Crippen LogP contribution in [-0.2, 0) is 19.5 Å². The molecule has 2 aliphatic rings. The van der Waals surface area contributed by atoms with Crippen molar-refractivity contribution in [2.75, 3.05) is 20.1 Å². The number of hydrogen-bond donors (Lipinski definition) is 1. The molecule has 0 radical (unpaired) electrons. The summed E-state index contributed by atoms with van der Waals surface area (Å²) in [6.07, 6.45) is 8.57. The first-order chi connectivity index (χ1) is 11.7. The van der Waals surface area contributed by atoms with Gasteiger partial charge in [0.15, 0.2) is 11.8 Å². The molecule has 1 aromatic heterocycles. The van der Waals surface area contributed by atoms with Gasteiger partial charge in [-0.1, -0.05) is 20.3 Å². The number of likely N-dealkylation sites (tertiary alicyclic amines) is 1. The number of hydrogen-bond acceptors (Lipinski definition) is 3. The maximum absolute atomic E-state index is 4.51. The minimum absolute atomic E-state index is 0.462. The number of aromatic nitrogens is 3. The summed E-state index contributed by atoms with van der Waals surface area (Å²) in [6.45, 7) is 8.60. The molecule has 3 rings (SSSR count). The molecule has 1 N–H and O–H groups in total. The zero-order chi connectivity index (χ0) is 17.0. The van der Waals surface area contributed by atoms with Gasteiger partial charge >= 0.3 is 0 Å². The summed E-state index contributed by atoms with van der Waals surface area (Å²) in [5.41, 5.74) is 0.462. The smallest absolute Gasteiger partial charge is 0.194 e. The van der Waals surface area contributed by atoms with Crippen LogP contribution in [-0.4, -0.2) is 45.8 Å². The second-order valence-electron chi connectivity index (χ2n) is 7.27. The Balaban J connectivity index is 1.62. The van der Waals surface area contributed by atoms with Crippen LogP contribution >= 0.6 is 0 Å². The molecular formula is C18H32N6. The third-order valence-electron chi connectivity index (χ3n) is 6.04. The third-order valence-corrected chi connectivity index (χ3v) is 6.04. The fourth-order valence-corrected chi connectivity index (χ4v) is 4.11. The van der Waals surface area contributed by atoms with Gasteiger partial charge in [0, 0.05) is 33.1 Å². The van der Waals surface area contributed by atoms with Crippen molar-refractivity contribution in [1.82, 2.24) is 25.0 Å². The number of rotatable bonds is 4. The molecule has 1 aromatic rings. The molecule has 0 aliphatic carbocycles. The Morgan fingerprint density at radius 1 is 1.17 bits per heavy atom. The van der Waals surface area contributed by atoms with Crippen LogP contribution < -0.4 is 5.32 Å². The molecule has 6 heteroatoms. The molecule has 1 saturated heterocycles. The van der Waals surface area contributed by atoms with Crippen molar-refractivity contribution >= 4 is 5.96 Å². The fraction of sp³-hybridized carbons (Fsp3) is 0.833. The van der Waals surface area contributed by atoms with Crippen LogP contribution in [0.25, 0.3) is 0 Å². The maximum atomic E-state index is 4.51. The lowest BCUT2D eigenvalue weighted by Gasteiger charge is -2.27. The second-order valence-corrected chi connectivity index (χ2v) is 7.27. The first-order valence-corrected chi connectivity index (χ1v) is 9.58. The van der Waals surface area contributed by atoms with E-state index in [4.69, 9.17) is 0 Å². The van der Waals surface area contributed by atoms with Crippen LogP contribution in [0.15, 0.2) is 4.99 Å². The van der Waals surface area contributed by atoms with Crippen LogP contribution in [0.1, 0.15) is 64.0 Å². The van der Waals surface area contributed by atoms with Crippen molar-refractivity contribution in [3.05, 3.63) is 11.6 Å². The normalized spacial score (nSPS) is 20.8. The number of aryl methyl sites for hydroxylation is 1. The van der Waals surface area contributed by atoms with E-state index in [0.717, 1.165) is 43.7 Å². The molecule has 134 valence electrons. The highest BCUT2D eigenvalue weighted by Crippen LogP contribution is 2.36. The van der Waals surface area contributed by atoms with Crippen LogP contribution in [0, 0.1) is 5.41 Å². The van der Waals surface area contributed by atoms with Crippen LogP contribution in [0.3, 0.4) is 0 Å². The van der Waals surface area contributed by atoms with Crippen molar-refractivity contribution in [3.63, 3.8) is 0 Å². The summed E-state index contributed by atoms with van der Waals surface area (Å²) in [5, 5.41) is 12.3. The maximum Gasteiger partial charge on any atom is 0.194 e. The molecule has 2 aliphatic heterocycles. The van der Waals surface area contributed by atoms with E-state index in [0.29, 0.717) is 12.0 Å². The highest BCUT2D eigenvalue weighted by molar-refractivity contribution is 5.80. The van der Waals surface area contributed by atoms with E-state index in [2.05, 4.69) is 43.8 Å².